The van der Waals surface area contributed by atoms with Crippen molar-refractivity contribution in [3.8, 4) is 6.07 Å². The summed E-state index contributed by atoms with van der Waals surface area (Å²) in [6.45, 7) is 6.34. The number of carbonyl (C=O) groups excluding carboxylic acids is 4. The number of alkyl halides is 3. The number of amides is 4. The summed E-state index contributed by atoms with van der Waals surface area (Å²) < 4.78 is 38.9. The first-order valence-corrected chi connectivity index (χ1v) is 11.8. The van der Waals surface area contributed by atoms with Crippen LogP contribution >= 0.6 is 0 Å². The van der Waals surface area contributed by atoms with Crippen molar-refractivity contribution < 1.29 is 37.5 Å². The van der Waals surface area contributed by atoms with Crippen LogP contribution in [0.25, 0.3) is 0 Å². The Labute approximate surface area is 206 Å². The molecular weight excluding hydrogens is 483 g/mol. The number of hydrogen-bond acceptors (Lipinski definition) is 6. The SMILES string of the molecule is CC1(C)C2CN(C(=O)[C@@H](NC(=O)C(F)(F)F)C(C)(C)CO)[C@H](C(=O)N[C@H](C#N)C[C@@H]3CCNC3=O)C21. The van der Waals surface area contributed by atoms with Gasteiger partial charge in [0.2, 0.25) is 17.7 Å². The minimum absolute atomic E-state index is 0.0801. The molecule has 3 fully saturated rings. The predicted molar refractivity (Wildman–Crippen MR) is 118 cm³/mol. The van der Waals surface area contributed by atoms with E-state index < -0.39 is 60.0 Å². The molecule has 10 nitrogen and oxygen atoms in total. The summed E-state index contributed by atoms with van der Waals surface area (Å²) >= 11 is 0. The summed E-state index contributed by atoms with van der Waals surface area (Å²) in [7, 11) is 0. The van der Waals surface area contributed by atoms with Crippen molar-refractivity contribution >= 4 is 23.6 Å². The molecule has 2 heterocycles. The van der Waals surface area contributed by atoms with E-state index in [2.05, 4.69) is 10.6 Å². The molecule has 3 aliphatic rings. The topological polar surface area (TPSA) is 152 Å². The number of nitriles is 1. The highest BCUT2D eigenvalue weighted by atomic mass is 19.4. The molecule has 13 heteroatoms. The highest BCUT2D eigenvalue weighted by molar-refractivity contribution is 5.95. The molecule has 0 aromatic rings. The number of hydrogen-bond donors (Lipinski definition) is 4. The van der Waals surface area contributed by atoms with Crippen LogP contribution in [-0.2, 0) is 19.2 Å². The van der Waals surface area contributed by atoms with Gasteiger partial charge in [-0.05, 0) is 30.1 Å². The minimum Gasteiger partial charge on any atom is -0.396 e. The number of likely N-dealkylation sites (tertiary alicyclic amines) is 1. The first kappa shape index (κ1) is 27.7. The lowest BCUT2D eigenvalue weighted by atomic mass is 9.83. The third-order valence-electron chi connectivity index (χ3n) is 7.88. The number of rotatable bonds is 8. The molecule has 0 aromatic carbocycles. The maximum atomic E-state index is 13.5. The molecule has 4 N–H and O–H groups in total. The van der Waals surface area contributed by atoms with Gasteiger partial charge in [-0.3, -0.25) is 19.2 Å². The second-order valence-corrected chi connectivity index (χ2v) is 11.1. The highest BCUT2D eigenvalue weighted by Gasteiger charge is 2.70. The van der Waals surface area contributed by atoms with Crippen molar-refractivity contribution in [1.29, 1.82) is 5.26 Å². The average molecular weight is 516 g/mol. The summed E-state index contributed by atoms with van der Waals surface area (Å²) in [6.07, 6.45) is -4.63. The van der Waals surface area contributed by atoms with Crippen LogP contribution < -0.4 is 16.0 Å². The van der Waals surface area contributed by atoms with Gasteiger partial charge >= 0.3 is 12.1 Å². The summed E-state index contributed by atoms with van der Waals surface area (Å²) in [5.74, 6) is -4.94. The van der Waals surface area contributed by atoms with Crippen LogP contribution in [0, 0.1) is 39.9 Å². The van der Waals surface area contributed by atoms with E-state index in [0.717, 1.165) is 4.90 Å². The molecule has 200 valence electrons. The molecule has 1 saturated carbocycles. The molecule has 3 rings (SSSR count). The Morgan fingerprint density at radius 3 is 2.42 bits per heavy atom. The van der Waals surface area contributed by atoms with Crippen LogP contribution in [0.3, 0.4) is 0 Å². The average Bonchev–Trinajstić information content (AvgIpc) is 3.14. The Morgan fingerprint density at radius 2 is 1.92 bits per heavy atom. The molecule has 6 atom stereocenters. The molecule has 0 radical (unpaired) electrons. The summed E-state index contributed by atoms with van der Waals surface area (Å²) in [6, 6.07) is -1.86. The molecular formula is C23H32F3N5O5. The summed E-state index contributed by atoms with van der Waals surface area (Å²) in [5, 5.41) is 26.3. The van der Waals surface area contributed by atoms with Gasteiger partial charge in [0.1, 0.15) is 18.1 Å². The number of piperidine rings is 1. The van der Waals surface area contributed by atoms with Gasteiger partial charge in [-0.2, -0.15) is 18.4 Å². The van der Waals surface area contributed by atoms with Crippen LogP contribution in [0.15, 0.2) is 0 Å². The number of halogens is 3. The van der Waals surface area contributed by atoms with E-state index in [1.165, 1.54) is 13.8 Å². The van der Waals surface area contributed by atoms with E-state index in [9.17, 15) is 42.7 Å². The number of carbonyl (C=O) groups is 4. The van der Waals surface area contributed by atoms with Crippen molar-refractivity contribution in [1.82, 2.24) is 20.9 Å². The van der Waals surface area contributed by atoms with Crippen LogP contribution in [0.2, 0.25) is 0 Å². The third-order valence-corrected chi connectivity index (χ3v) is 7.88. The molecule has 4 amide bonds. The Balaban J connectivity index is 1.83. The van der Waals surface area contributed by atoms with Crippen molar-refractivity contribution in [3.05, 3.63) is 0 Å². The molecule has 0 bridgehead atoms. The lowest BCUT2D eigenvalue weighted by Crippen LogP contribution is -2.62. The molecule has 1 aliphatic carbocycles. The van der Waals surface area contributed by atoms with Crippen LogP contribution in [0.5, 0.6) is 0 Å². The van der Waals surface area contributed by atoms with Crippen LogP contribution in [-0.4, -0.2) is 77.6 Å². The van der Waals surface area contributed by atoms with Crippen molar-refractivity contribution in [3.63, 3.8) is 0 Å². The van der Waals surface area contributed by atoms with Gasteiger partial charge in [0.25, 0.3) is 0 Å². The Bertz CT molecular complexity index is 976. The molecule has 2 saturated heterocycles. The standard InChI is InChI=1S/C23H32F3N5O5/c1-21(2,10-32)16(30-20(36)23(24,25)26)19(35)31-9-13-14(22(13,3)4)15(31)18(34)29-12(8-27)7-11-5-6-28-17(11)33/h11-16,32H,5-7,9-10H2,1-4H3,(H,28,33)(H,29,34)(H,30,36)/t11-,12-,13?,14?,15-,16+/m0/s1. The van der Waals surface area contributed by atoms with Gasteiger partial charge in [-0.15, -0.1) is 0 Å². The van der Waals surface area contributed by atoms with Crippen molar-refractivity contribution in [2.75, 3.05) is 19.7 Å². The van der Waals surface area contributed by atoms with Crippen LogP contribution in [0.4, 0.5) is 13.2 Å². The Morgan fingerprint density at radius 1 is 1.28 bits per heavy atom. The predicted octanol–water partition coefficient (Wildman–Crippen LogP) is 0.0696. The van der Waals surface area contributed by atoms with Gasteiger partial charge in [0.15, 0.2) is 0 Å². The van der Waals surface area contributed by atoms with E-state index in [1.54, 1.807) is 5.32 Å². The highest BCUT2D eigenvalue weighted by Crippen LogP contribution is 2.65. The monoisotopic (exact) mass is 515 g/mol. The van der Waals surface area contributed by atoms with E-state index in [1.807, 2.05) is 19.9 Å². The number of nitrogens with zero attached hydrogens (tertiary/aromatic N) is 2. The van der Waals surface area contributed by atoms with E-state index in [-0.39, 0.29) is 36.1 Å². The maximum Gasteiger partial charge on any atom is 0.471 e. The Hall–Kier alpha value is -2.88. The Kier molecular flexibility index (Phi) is 7.34. The molecule has 36 heavy (non-hydrogen) atoms. The van der Waals surface area contributed by atoms with Crippen molar-refractivity contribution in [2.45, 2.75) is 64.8 Å². The van der Waals surface area contributed by atoms with Crippen LogP contribution in [0.1, 0.15) is 40.5 Å². The fourth-order valence-electron chi connectivity index (χ4n) is 5.43. The molecule has 2 aliphatic heterocycles. The zero-order valence-electron chi connectivity index (χ0n) is 20.6. The zero-order valence-corrected chi connectivity index (χ0v) is 20.6. The van der Waals surface area contributed by atoms with E-state index >= 15 is 0 Å². The summed E-state index contributed by atoms with van der Waals surface area (Å²) in [5.41, 5.74) is -1.78. The smallest absolute Gasteiger partial charge is 0.396 e. The van der Waals surface area contributed by atoms with Gasteiger partial charge in [-0.25, -0.2) is 0 Å². The number of aliphatic hydroxyl groups is 1. The second kappa shape index (κ2) is 9.53. The van der Waals surface area contributed by atoms with Gasteiger partial charge in [-0.1, -0.05) is 27.7 Å². The zero-order chi connectivity index (χ0) is 27.2. The first-order valence-electron chi connectivity index (χ1n) is 11.8. The number of aliphatic hydroxyl groups excluding tert-OH is 1. The maximum absolute atomic E-state index is 13.5. The lowest BCUT2D eigenvalue weighted by molar-refractivity contribution is -0.176. The number of fused-ring (bicyclic) bond motifs is 1. The van der Waals surface area contributed by atoms with Gasteiger partial charge in [0, 0.05) is 24.4 Å². The summed E-state index contributed by atoms with van der Waals surface area (Å²) in [4.78, 5) is 51.6. The minimum atomic E-state index is -5.25. The third kappa shape index (κ3) is 5.14. The quantitative estimate of drug-likeness (QED) is 0.359. The molecule has 2 unspecified atom stereocenters. The fraction of sp³-hybridized carbons (Fsp3) is 0.783. The first-order chi connectivity index (χ1) is 16.6. The molecule has 0 aromatic heterocycles. The van der Waals surface area contributed by atoms with Crippen molar-refractivity contribution in [2.24, 2.45) is 28.6 Å². The second-order valence-electron chi connectivity index (χ2n) is 11.1. The van der Waals surface area contributed by atoms with E-state index in [4.69, 9.17) is 0 Å². The molecule has 0 spiro atoms. The normalized spacial score (nSPS) is 28.4. The van der Waals surface area contributed by atoms with Gasteiger partial charge in [0.05, 0.1) is 12.7 Å². The van der Waals surface area contributed by atoms with E-state index in [0.29, 0.717) is 13.0 Å². The lowest BCUT2D eigenvalue weighted by Gasteiger charge is -2.38. The van der Waals surface area contributed by atoms with Gasteiger partial charge < -0.3 is 26.0 Å². The number of nitrogens with one attached hydrogen (secondary N) is 3. The largest absolute Gasteiger partial charge is 0.471 e. The fourth-order valence-corrected chi connectivity index (χ4v) is 5.43.